The summed E-state index contributed by atoms with van der Waals surface area (Å²) in [5.74, 6) is -0.117. The highest BCUT2D eigenvalue weighted by Crippen LogP contribution is 2.28. The van der Waals surface area contributed by atoms with Gasteiger partial charge in [-0.15, -0.1) is 0 Å². The molecule has 0 aliphatic heterocycles. The van der Waals surface area contributed by atoms with Gasteiger partial charge in [-0.25, -0.2) is 4.79 Å². The van der Waals surface area contributed by atoms with E-state index in [0.717, 1.165) is 38.9 Å². The van der Waals surface area contributed by atoms with E-state index in [1.165, 1.54) is 5.56 Å². The third-order valence-electron chi connectivity index (χ3n) is 6.79. The van der Waals surface area contributed by atoms with Crippen LogP contribution in [0.4, 0.5) is 0 Å². The van der Waals surface area contributed by atoms with E-state index in [2.05, 4.69) is 55.8 Å². The molecular weight excluding hydrogens is 488 g/mol. The molecule has 3 aromatic carbocycles. The van der Waals surface area contributed by atoms with Crippen LogP contribution in [0.3, 0.4) is 0 Å². The zero-order valence-corrected chi connectivity index (χ0v) is 24.1. The number of hydrogen-bond acceptors (Lipinski definition) is 3. The minimum atomic E-state index is -1.00. The van der Waals surface area contributed by atoms with Crippen molar-refractivity contribution >= 4 is 22.8 Å². The maximum Gasteiger partial charge on any atom is 0.341 e. The van der Waals surface area contributed by atoms with Gasteiger partial charge in [0.1, 0.15) is 5.75 Å². The maximum atomic E-state index is 13.0. The molecule has 0 saturated heterocycles. The first-order valence-corrected chi connectivity index (χ1v) is 13.5. The van der Waals surface area contributed by atoms with E-state index < -0.39 is 5.97 Å². The Hall–Kier alpha value is -4.06. The Morgan fingerprint density at radius 3 is 2.38 bits per heavy atom. The van der Waals surface area contributed by atoms with Crippen LogP contribution in [0.1, 0.15) is 77.5 Å². The average Bonchev–Trinajstić information content (AvgIpc) is 3.15. The molecule has 0 radical (unpaired) electrons. The predicted octanol–water partition coefficient (Wildman–Crippen LogP) is 7.16. The van der Waals surface area contributed by atoms with Crippen molar-refractivity contribution in [3.63, 3.8) is 0 Å². The summed E-state index contributed by atoms with van der Waals surface area (Å²) in [6.45, 7) is 15.2. The van der Waals surface area contributed by atoms with Crippen LogP contribution in [0.5, 0.6) is 5.75 Å². The number of aromatic nitrogens is 1. The standard InChI is InChI=1S/C31H34N2O4.C2H6/c1-19(2)25-8-6-7-23(13-25)16-32-31(36)26-9-10-29-28(15-26)21(4)22(5)33(29)17-24-11-20(3)12-27(14-24)37-18-30(34)35;1-2/h6-15,19H,16-18H2,1-5H3,(H,32,36)(H,34,35);1-2H3. The number of nitrogens with one attached hydrogen (secondary N) is 1. The van der Waals surface area contributed by atoms with Crippen molar-refractivity contribution in [1.29, 1.82) is 0 Å². The summed E-state index contributed by atoms with van der Waals surface area (Å²) in [6, 6.07) is 20.0. The zero-order valence-electron chi connectivity index (χ0n) is 24.1. The largest absolute Gasteiger partial charge is 0.482 e. The first-order chi connectivity index (χ1) is 18.6. The summed E-state index contributed by atoms with van der Waals surface area (Å²) in [7, 11) is 0. The van der Waals surface area contributed by atoms with Crippen molar-refractivity contribution in [1.82, 2.24) is 9.88 Å². The zero-order chi connectivity index (χ0) is 28.7. The number of ether oxygens (including phenoxy) is 1. The Balaban J connectivity index is 0.00000205. The molecule has 206 valence electrons. The van der Waals surface area contributed by atoms with E-state index in [0.29, 0.717) is 30.3 Å². The van der Waals surface area contributed by atoms with E-state index >= 15 is 0 Å². The number of carbonyl (C=O) groups excluding carboxylic acids is 1. The fraction of sp³-hybridized carbons (Fsp3) is 0.333. The number of benzene rings is 3. The summed E-state index contributed by atoms with van der Waals surface area (Å²) < 4.78 is 7.63. The molecule has 0 aliphatic carbocycles. The molecule has 0 aliphatic rings. The highest BCUT2D eigenvalue weighted by Gasteiger charge is 2.15. The van der Waals surface area contributed by atoms with Crippen molar-refractivity contribution in [2.45, 2.75) is 67.5 Å². The molecule has 1 aromatic heterocycles. The van der Waals surface area contributed by atoms with Gasteiger partial charge in [-0.3, -0.25) is 4.79 Å². The lowest BCUT2D eigenvalue weighted by Gasteiger charge is -2.12. The van der Waals surface area contributed by atoms with Gasteiger partial charge in [-0.1, -0.05) is 58.0 Å². The molecule has 1 amide bonds. The van der Waals surface area contributed by atoms with Gasteiger partial charge in [-0.2, -0.15) is 0 Å². The van der Waals surface area contributed by atoms with Crippen LogP contribution in [0.15, 0.2) is 60.7 Å². The van der Waals surface area contributed by atoms with Gasteiger partial charge in [0, 0.05) is 35.2 Å². The van der Waals surface area contributed by atoms with E-state index in [1.807, 2.05) is 63.2 Å². The van der Waals surface area contributed by atoms with E-state index in [1.54, 1.807) is 0 Å². The average molecular weight is 529 g/mol. The second-order valence-corrected chi connectivity index (χ2v) is 9.95. The third kappa shape index (κ3) is 7.29. The smallest absolute Gasteiger partial charge is 0.341 e. The Morgan fingerprint density at radius 2 is 1.69 bits per heavy atom. The van der Waals surface area contributed by atoms with Crippen LogP contribution in [0.25, 0.3) is 10.9 Å². The van der Waals surface area contributed by atoms with E-state index in [4.69, 9.17) is 9.84 Å². The molecule has 0 unspecified atom stereocenters. The highest BCUT2D eigenvalue weighted by atomic mass is 16.5. The van der Waals surface area contributed by atoms with Crippen molar-refractivity contribution in [2.24, 2.45) is 0 Å². The van der Waals surface area contributed by atoms with Gasteiger partial charge in [-0.05, 0) is 84.8 Å². The molecule has 0 bridgehead atoms. The Morgan fingerprint density at radius 1 is 0.949 bits per heavy atom. The Bertz CT molecular complexity index is 1470. The van der Waals surface area contributed by atoms with Gasteiger partial charge in [0.25, 0.3) is 5.91 Å². The molecule has 4 aromatic rings. The van der Waals surface area contributed by atoms with Crippen molar-refractivity contribution in [2.75, 3.05) is 6.61 Å². The number of rotatable bonds is 9. The lowest BCUT2D eigenvalue weighted by atomic mass is 10.0. The van der Waals surface area contributed by atoms with Gasteiger partial charge in [0.15, 0.2) is 6.61 Å². The van der Waals surface area contributed by atoms with Crippen LogP contribution < -0.4 is 10.1 Å². The molecule has 4 rings (SSSR count). The predicted molar refractivity (Wildman–Crippen MR) is 158 cm³/mol. The summed E-state index contributed by atoms with van der Waals surface area (Å²) in [5, 5.41) is 13.0. The molecule has 6 nitrogen and oxygen atoms in total. The quantitative estimate of drug-likeness (QED) is 0.242. The SMILES string of the molecule is CC.Cc1cc(Cn2c(C)c(C)c3cc(C(=O)NCc4cccc(C(C)C)c4)ccc32)cc(OCC(=O)O)c1. The number of amides is 1. The highest BCUT2D eigenvalue weighted by molar-refractivity contribution is 5.99. The number of aryl methyl sites for hydroxylation is 2. The lowest BCUT2D eigenvalue weighted by molar-refractivity contribution is -0.139. The first-order valence-electron chi connectivity index (χ1n) is 13.5. The molecule has 0 fully saturated rings. The summed E-state index contributed by atoms with van der Waals surface area (Å²) >= 11 is 0. The second-order valence-electron chi connectivity index (χ2n) is 9.95. The number of carboxylic acids is 1. The van der Waals surface area contributed by atoms with E-state index in [-0.39, 0.29) is 12.5 Å². The number of nitrogens with zero attached hydrogens (tertiary/aromatic N) is 1. The van der Waals surface area contributed by atoms with Gasteiger partial charge >= 0.3 is 5.97 Å². The minimum Gasteiger partial charge on any atom is -0.482 e. The molecular formula is C33H40N2O4. The molecule has 0 saturated carbocycles. The molecule has 0 spiro atoms. The number of hydrogen-bond donors (Lipinski definition) is 2. The maximum absolute atomic E-state index is 13.0. The summed E-state index contributed by atoms with van der Waals surface area (Å²) in [6.07, 6.45) is 0. The van der Waals surface area contributed by atoms with Crippen molar-refractivity contribution in [3.8, 4) is 5.75 Å². The van der Waals surface area contributed by atoms with Gasteiger partial charge in [0.05, 0.1) is 0 Å². The Labute approximate surface area is 231 Å². The lowest BCUT2D eigenvalue weighted by Crippen LogP contribution is -2.22. The molecule has 2 N–H and O–H groups in total. The third-order valence-corrected chi connectivity index (χ3v) is 6.79. The molecule has 39 heavy (non-hydrogen) atoms. The van der Waals surface area contributed by atoms with Crippen molar-refractivity contribution < 1.29 is 19.4 Å². The number of carbonyl (C=O) groups is 2. The van der Waals surface area contributed by atoms with Crippen molar-refractivity contribution in [3.05, 3.63) is 99.7 Å². The first kappa shape index (κ1) is 29.5. The fourth-order valence-corrected chi connectivity index (χ4v) is 4.67. The monoisotopic (exact) mass is 528 g/mol. The van der Waals surface area contributed by atoms with Gasteiger partial charge < -0.3 is 19.7 Å². The number of fused-ring (bicyclic) bond motifs is 1. The van der Waals surface area contributed by atoms with Crippen LogP contribution in [0.2, 0.25) is 0 Å². The Kier molecular flexibility index (Phi) is 9.94. The molecule has 1 heterocycles. The fourth-order valence-electron chi connectivity index (χ4n) is 4.67. The van der Waals surface area contributed by atoms with Gasteiger partial charge in [0.2, 0.25) is 0 Å². The van der Waals surface area contributed by atoms with Crippen LogP contribution >= 0.6 is 0 Å². The van der Waals surface area contributed by atoms with Crippen LogP contribution in [-0.2, 0) is 17.9 Å². The van der Waals surface area contributed by atoms with Crippen LogP contribution in [-0.4, -0.2) is 28.2 Å². The molecule has 6 heteroatoms. The summed E-state index contributed by atoms with van der Waals surface area (Å²) in [5.41, 5.74) is 8.29. The number of aliphatic carboxylic acids is 1. The topological polar surface area (TPSA) is 80.6 Å². The minimum absolute atomic E-state index is 0.0967. The summed E-state index contributed by atoms with van der Waals surface area (Å²) in [4.78, 5) is 23.9. The second kappa shape index (κ2) is 13.1. The normalized spacial score (nSPS) is 10.8. The van der Waals surface area contributed by atoms with Crippen LogP contribution in [0, 0.1) is 20.8 Å². The molecule has 0 atom stereocenters. The number of carboxylic acid groups (broad SMARTS) is 1. The van der Waals surface area contributed by atoms with E-state index in [9.17, 15) is 9.59 Å².